The summed E-state index contributed by atoms with van der Waals surface area (Å²) >= 11 is 2.87. The van der Waals surface area contributed by atoms with E-state index in [1.807, 2.05) is 24.3 Å². The van der Waals surface area contributed by atoms with Gasteiger partial charge >= 0.3 is 0 Å². The van der Waals surface area contributed by atoms with Crippen LogP contribution in [0.2, 0.25) is 0 Å². The third-order valence-electron chi connectivity index (χ3n) is 19.6. The van der Waals surface area contributed by atoms with E-state index in [9.17, 15) is 28.4 Å². The number of hydrogen-bond acceptors (Lipinski definition) is 15. The predicted molar refractivity (Wildman–Crippen MR) is 384 cm³/mol. The summed E-state index contributed by atoms with van der Waals surface area (Å²) in [5.74, 6) is -8.45. The molecule has 1 saturated carbocycles. The van der Waals surface area contributed by atoms with E-state index < -0.39 is 136 Å². The number of benzene rings is 4. The average molecular weight is 1440 g/mol. The Hall–Kier alpha value is -9.12. The van der Waals surface area contributed by atoms with Gasteiger partial charge in [-0.15, -0.1) is 0 Å². The molecule has 10 rings (SSSR count). The van der Waals surface area contributed by atoms with Crippen LogP contribution in [0.1, 0.15) is 106 Å². The molecule has 9 amide bonds. The normalized spacial score (nSPS) is 26.5. The van der Waals surface area contributed by atoms with Crippen molar-refractivity contribution >= 4 is 104 Å². The third kappa shape index (κ3) is 19.3. The number of fused-ring (bicyclic) bond motifs is 8. The third-order valence-corrected chi connectivity index (χ3v) is 21.7. The molecular weight excluding hydrogens is 1350 g/mol. The van der Waals surface area contributed by atoms with Gasteiger partial charge in [-0.3, -0.25) is 47.9 Å². The molecule has 2 aromatic heterocycles. The van der Waals surface area contributed by atoms with Crippen molar-refractivity contribution in [1.29, 1.82) is 0 Å². The number of rotatable bonds is 12. The Balaban J connectivity index is 0.994. The Morgan fingerprint density at radius 1 is 0.686 bits per heavy atom. The van der Waals surface area contributed by atoms with Crippen LogP contribution in [0.25, 0.3) is 21.8 Å². The number of allylic oxidation sites excluding steroid dienone is 1. The largest absolute Gasteiger partial charge is 0.497 e. The van der Waals surface area contributed by atoms with Gasteiger partial charge in [-0.1, -0.05) is 48.6 Å². The minimum Gasteiger partial charge on any atom is -0.497 e. The smallest absolute Gasteiger partial charge is 0.246 e. The number of carbonyl (C=O) groups is 10. The van der Waals surface area contributed by atoms with Gasteiger partial charge in [0.2, 0.25) is 53.2 Å². The number of nitrogens with zero attached hydrogens (tertiary/aromatic N) is 1. The zero-order chi connectivity index (χ0) is 72.6. The van der Waals surface area contributed by atoms with Crippen LogP contribution >= 0.6 is 23.5 Å². The number of Topliss-reactive ketones (excluding diaryl/α,β-unsaturated/α-hetero) is 1. The number of nitrogens with one attached hydrogen (secondary N) is 9. The molecule has 11 atom stereocenters. The van der Waals surface area contributed by atoms with Gasteiger partial charge in [0.15, 0.2) is 5.78 Å². The zero-order valence-electron chi connectivity index (χ0n) is 57.4. The van der Waals surface area contributed by atoms with Gasteiger partial charge in [-0.05, 0) is 155 Å². The highest BCUT2D eigenvalue weighted by molar-refractivity contribution is 7.98. The molecule has 2 fully saturated rings. The number of ketones is 1. The van der Waals surface area contributed by atoms with E-state index >= 15 is 28.4 Å². The van der Waals surface area contributed by atoms with Crippen LogP contribution in [-0.2, 0) is 83.5 Å². The number of ether oxygens (including phenoxy) is 2. The van der Waals surface area contributed by atoms with Gasteiger partial charge in [-0.2, -0.15) is 23.5 Å². The molecule has 0 spiro atoms. The maximum Gasteiger partial charge on any atom is 0.246 e. The van der Waals surface area contributed by atoms with Crippen LogP contribution in [0.5, 0.6) is 5.75 Å². The molecule has 4 aromatic carbocycles. The van der Waals surface area contributed by atoms with Gasteiger partial charge in [0.05, 0.1) is 31.8 Å². The van der Waals surface area contributed by atoms with E-state index in [0.717, 1.165) is 11.1 Å². The van der Waals surface area contributed by atoms with Crippen molar-refractivity contribution in [3.05, 3.63) is 149 Å². The molecule has 5 bridgehead atoms. The highest BCUT2D eigenvalue weighted by Crippen LogP contribution is 2.38. The van der Waals surface area contributed by atoms with Crippen molar-refractivity contribution in [2.24, 2.45) is 23.3 Å². The standard InChI is InChI=1S/C74H90F2N12O12S2/c1-42-67(92)85-61(32-47-38-80-57-22-18-49(76)34-53(47)57)71(96)84-60(31-46-37-79-56-21-17-48(75)33-52(46)56)65(90)54-35-51-36-55(54)68(93)83-59(13-5-4-8-27-100-51)70(95)86-62(30-43-15-19-50(99-3)20-16-43)72(97)88-26-10-24-74(88,2)73(98)87-63(66(78)91)41-102-40-45-12-9-11-44(29-45)39-101-28-23-64(89)82-58(69(94)81-42)14-6-7-25-77/h4,8-9,11-12,15-22,29,33-34,37-38,42,51,54-55,58-63,79-80H,5-7,10,13-14,23-28,30-32,35-36,39-41,77H2,1-3H3,(H2,78,91)(H,81,94)(H,82,89)(H,83,93)(H,84,96)(H,85,92)(H,86,95)(H,87,98)/b8-4-/t42-,51-,54?,55-,58+,59+,60+,61+,62+,63+,74+/m1/s1. The molecule has 102 heavy (non-hydrogen) atoms. The fraction of sp³-hybridized carbons (Fsp3) is 0.459. The van der Waals surface area contributed by atoms with E-state index in [-0.39, 0.29) is 83.1 Å². The van der Waals surface area contributed by atoms with Gasteiger partial charge in [-0.25, -0.2) is 8.78 Å². The minimum absolute atomic E-state index is 0.00320. The number of amides is 9. The number of halogens is 2. The molecule has 1 unspecified atom stereocenters. The molecule has 24 nitrogen and oxygen atoms in total. The fourth-order valence-corrected chi connectivity index (χ4v) is 15.7. The van der Waals surface area contributed by atoms with E-state index in [1.54, 1.807) is 55.7 Å². The summed E-state index contributed by atoms with van der Waals surface area (Å²) < 4.78 is 41.8. The average Bonchev–Trinajstić information content (AvgIpc) is 1.61. The van der Waals surface area contributed by atoms with E-state index in [1.165, 1.54) is 78.9 Å². The molecule has 0 radical (unpaired) electrons. The van der Waals surface area contributed by atoms with Gasteiger partial charge < -0.3 is 73.0 Å². The Kier molecular flexibility index (Phi) is 26.1. The summed E-state index contributed by atoms with van der Waals surface area (Å²) in [5.41, 5.74) is 14.6. The van der Waals surface area contributed by atoms with Crippen LogP contribution in [0.15, 0.2) is 109 Å². The molecule has 4 aliphatic rings. The maximum absolute atomic E-state index is 15.9. The Morgan fingerprint density at radius 3 is 2.01 bits per heavy atom. The van der Waals surface area contributed by atoms with Crippen LogP contribution in [0, 0.1) is 23.5 Å². The number of H-pyrrole nitrogens is 2. The summed E-state index contributed by atoms with van der Waals surface area (Å²) in [7, 11) is 1.51. The van der Waals surface area contributed by atoms with Crippen molar-refractivity contribution in [3.63, 3.8) is 0 Å². The minimum atomic E-state index is -1.53. The summed E-state index contributed by atoms with van der Waals surface area (Å²) in [6.45, 7) is 3.53. The van der Waals surface area contributed by atoms with E-state index in [0.29, 0.717) is 87.3 Å². The molecule has 3 aliphatic heterocycles. The molecule has 5 heterocycles. The van der Waals surface area contributed by atoms with E-state index in [2.05, 4.69) is 47.2 Å². The summed E-state index contributed by atoms with van der Waals surface area (Å²) in [6.07, 6.45) is 7.49. The van der Waals surface area contributed by atoms with Crippen molar-refractivity contribution in [3.8, 4) is 5.75 Å². The highest BCUT2D eigenvalue weighted by atomic mass is 32.2. The lowest BCUT2D eigenvalue weighted by Gasteiger charge is -2.37. The molecule has 544 valence electrons. The number of aromatic amines is 2. The molecular formula is C74H90F2N12O12S2. The number of hydrogen-bond donors (Lipinski definition) is 11. The Labute approximate surface area is 598 Å². The van der Waals surface area contributed by atoms with Gasteiger partial charge in [0.1, 0.15) is 59.2 Å². The van der Waals surface area contributed by atoms with Gasteiger partial charge in [0.25, 0.3) is 0 Å². The van der Waals surface area contributed by atoms with E-state index in [4.69, 9.17) is 20.9 Å². The molecule has 28 heteroatoms. The number of methoxy groups -OCH3 is 1. The quantitative estimate of drug-likeness (QED) is 0.0549. The Morgan fingerprint density at radius 2 is 1.33 bits per heavy atom. The lowest BCUT2D eigenvalue weighted by Crippen LogP contribution is -2.63. The lowest BCUT2D eigenvalue weighted by molar-refractivity contribution is -0.147. The predicted octanol–water partition coefficient (Wildman–Crippen LogP) is 5.27. The number of unbranched alkanes of at least 4 members (excludes halogenated alkanes) is 1. The van der Waals surface area contributed by atoms with Crippen LogP contribution in [0.3, 0.4) is 0 Å². The molecule has 6 aromatic rings. The number of thioether (sulfide) groups is 2. The molecule has 1 aliphatic carbocycles. The second kappa shape index (κ2) is 35.2. The summed E-state index contributed by atoms with van der Waals surface area (Å²) in [4.78, 5) is 155. The first-order chi connectivity index (χ1) is 49.1. The second-order valence-electron chi connectivity index (χ2n) is 26.9. The maximum atomic E-state index is 15.9. The lowest BCUT2D eigenvalue weighted by atomic mass is 9.85. The van der Waals surface area contributed by atoms with Crippen molar-refractivity contribution in [2.75, 3.05) is 38.3 Å². The first-order valence-corrected chi connectivity index (χ1v) is 37.0. The summed E-state index contributed by atoms with van der Waals surface area (Å²) in [6, 6.07) is 13.6. The topological polar surface area (TPSA) is 360 Å². The number of nitrogens with two attached hydrogens (primary N) is 2. The van der Waals surface area contributed by atoms with Crippen molar-refractivity contribution in [2.45, 2.75) is 163 Å². The fourth-order valence-electron chi connectivity index (χ4n) is 13.8. The van der Waals surface area contributed by atoms with Crippen molar-refractivity contribution < 1.29 is 66.2 Å². The molecule has 13 N–H and O–H groups in total. The van der Waals surface area contributed by atoms with Crippen LogP contribution in [0.4, 0.5) is 8.78 Å². The second-order valence-corrected chi connectivity index (χ2v) is 29.0. The highest BCUT2D eigenvalue weighted by Gasteiger charge is 2.50. The van der Waals surface area contributed by atoms with Crippen LogP contribution in [-0.4, -0.2) is 166 Å². The number of aromatic nitrogens is 2. The SMILES string of the molecule is COc1ccc(C[C@@H]2NC(=O)[C@@H]3CC/C=C\CO[C@@H]4CC(C(=O)[C@H](Cc5c[nH]c6ccc(F)cc56)NC(=O)[C@H](Cc5c[nH]c6ccc(F)cc56)NC(=O)[C@@H](C)NC(=O)[C@H](CCCCN)NC(=O)CCSCc5cccc(c5)CSC[C@@H](C(N)=O)NC(=O)[C@]5(C)CCCN5C2=O)[C@@H](C4)C(=O)N3)cc1. The zero-order valence-corrected chi connectivity index (χ0v) is 59.0. The Bertz CT molecular complexity index is 4080. The number of primary amides is 1. The van der Waals surface area contributed by atoms with Crippen LogP contribution < -0.4 is 53.4 Å². The van der Waals surface area contributed by atoms with Crippen molar-refractivity contribution in [1.82, 2.24) is 52.1 Å². The van der Waals surface area contributed by atoms with Gasteiger partial charge in [0, 0.05) is 95.4 Å². The monoisotopic (exact) mass is 1440 g/mol. The first-order valence-electron chi connectivity index (χ1n) is 34.7. The molecule has 1 saturated heterocycles. The first kappa shape index (κ1) is 75.5. The summed E-state index contributed by atoms with van der Waals surface area (Å²) in [5, 5.41) is 20.7. The number of carbonyl (C=O) groups excluding carboxylic acids is 10.